The van der Waals surface area contributed by atoms with Gasteiger partial charge in [-0.2, -0.15) is 11.8 Å². The Bertz CT molecular complexity index is 831. The molecule has 0 unspecified atom stereocenters. The number of carbonyl (C=O) groups excluding carboxylic acids is 1. The molecule has 0 fully saturated rings. The van der Waals surface area contributed by atoms with Crippen LogP contribution in [-0.2, 0) is 5.75 Å². The Morgan fingerprint density at radius 3 is 2.45 bits per heavy atom. The second-order valence-electron chi connectivity index (χ2n) is 4.99. The Hall–Kier alpha value is -2.33. The molecule has 0 aliphatic heterocycles. The zero-order chi connectivity index (χ0) is 15.5. The molecule has 3 nitrogen and oxygen atoms in total. The lowest BCUT2D eigenvalue weighted by Crippen LogP contribution is -2.16. The van der Waals surface area contributed by atoms with Crippen LogP contribution in [0.5, 0.6) is 0 Å². The van der Waals surface area contributed by atoms with Crippen LogP contribution in [0, 0.1) is 0 Å². The average molecular weight is 308 g/mol. The molecule has 0 spiro atoms. The fourth-order valence-electron chi connectivity index (χ4n) is 2.65. The van der Waals surface area contributed by atoms with Crippen molar-refractivity contribution in [3.63, 3.8) is 0 Å². The number of benzene rings is 2. The second kappa shape index (κ2) is 6.20. The molecule has 1 amide bonds. The van der Waals surface area contributed by atoms with Crippen molar-refractivity contribution in [3.05, 3.63) is 65.7 Å². The fourth-order valence-corrected chi connectivity index (χ4v) is 3.22. The van der Waals surface area contributed by atoms with E-state index >= 15 is 0 Å². The van der Waals surface area contributed by atoms with E-state index in [9.17, 15) is 4.79 Å². The predicted molar refractivity (Wildman–Crippen MR) is 92.9 cm³/mol. The van der Waals surface area contributed by atoms with Crippen molar-refractivity contribution in [2.45, 2.75) is 5.75 Å². The number of hydrogen-bond donors (Lipinski definition) is 1. The monoisotopic (exact) mass is 308 g/mol. The van der Waals surface area contributed by atoms with Gasteiger partial charge in [0.15, 0.2) is 0 Å². The zero-order valence-corrected chi connectivity index (χ0v) is 13.1. The number of nitrogens with two attached hydrogens (primary N) is 1. The van der Waals surface area contributed by atoms with Crippen LogP contribution < -0.4 is 5.73 Å². The van der Waals surface area contributed by atoms with Gasteiger partial charge in [-0.3, -0.25) is 4.79 Å². The molecule has 0 aliphatic carbocycles. The highest BCUT2D eigenvalue weighted by Gasteiger charge is 2.19. The van der Waals surface area contributed by atoms with E-state index < -0.39 is 5.91 Å². The standard InChI is InChI=1S/C18H16N2OS/c1-22-11-14-16(18(19)21)13-9-5-6-10-15(13)20-17(14)12-7-3-2-4-8-12/h2-10H,11H2,1H3,(H2,19,21). The molecule has 4 heteroatoms. The summed E-state index contributed by atoms with van der Waals surface area (Å²) in [7, 11) is 0. The molecule has 0 aliphatic rings. The van der Waals surface area contributed by atoms with Crippen LogP contribution in [0.4, 0.5) is 0 Å². The summed E-state index contributed by atoms with van der Waals surface area (Å²) in [5.41, 5.74) is 9.80. The molecule has 3 rings (SSSR count). The zero-order valence-electron chi connectivity index (χ0n) is 12.2. The van der Waals surface area contributed by atoms with Crippen molar-refractivity contribution in [1.82, 2.24) is 4.98 Å². The molecule has 0 atom stereocenters. The second-order valence-corrected chi connectivity index (χ2v) is 5.86. The minimum absolute atomic E-state index is 0.403. The minimum Gasteiger partial charge on any atom is -0.366 e. The Balaban J connectivity index is 2.40. The first-order valence-electron chi connectivity index (χ1n) is 6.98. The molecular formula is C18H16N2OS. The number of hydrogen-bond acceptors (Lipinski definition) is 3. The van der Waals surface area contributed by atoms with Crippen LogP contribution >= 0.6 is 11.8 Å². The molecule has 2 aromatic carbocycles. The normalized spacial score (nSPS) is 10.8. The third kappa shape index (κ3) is 2.57. The number of aromatic nitrogens is 1. The fraction of sp³-hybridized carbons (Fsp3) is 0.111. The van der Waals surface area contributed by atoms with Gasteiger partial charge in [0.1, 0.15) is 0 Å². The molecule has 22 heavy (non-hydrogen) atoms. The summed E-state index contributed by atoms with van der Waals surface area (Å²) in [4.78, 5) is 16.9. The van der Waals surface area contributed by atoms with Gasteiger partial charge in [-0.15, -0.1) is 0 Å². The number of para-hydroxylation sites is 1. The highest BCUT2D eigenvalue weighted by molar-refractivity contribution is 7.97. The third-order valence-electron chi connectivity index (χ3n) is 3.58. The molecule has 3 aromatic rings. The smallest absolute Gasteiger partial charge is 0.249 e. The highest BCUT2D eigenvalue weighted by atomic mass is 32.2. The van der Waals surface area contributed by atoms with Gasteiger partial charge >= 0.3 is 0 Å². The number of thioether (sulfide) groups is 1. The Kier molecular flexibility index (Phi) is 4.11. The van der Waals surface area contributed by atoms with Crippen LogP contribution in [0.1, 0.15) is 15.9 Å². The van der Waals surface area contributed by atoms with E-state index in [1.807, 2.05) is 60.9 Å². The van der Waals surface area contributed by atoms with Gasteiger partial charge in [0.05, 0.1) is 16.8 Å². The van der Waals surface area contributed by atoms with Crippen LogP contribution in [0.2, 0.25) is 0 Å². The van der Waals surface area contributed by atoms with Crippen molar-refractivity contribution in [3.8, 4) is 11.3 Å². The summed E-state index contributed by atoms with van der Waals surface area (Å²) in [5.74, 6) is 0.292. The number of fused-ring (bicyclic) bond motifs is 1. The minimum atomic E-state index is -0.403. The summed E-state index contributed by atoms with van der Waals surface area (Å²) in [6.07, 6.45) is 2.01. The SMILES string of the molecule is CSCc1c(-c2ccccc2)nc2ccccc2c1C(N)=O. The first-order chi connectivity index (χ1) is 10.7. The summed E-state index contributed by atoms with van der Waals surface area (Å²) < 4.78 is 0. The van der Waals surface area contributed by atoms with Gasteiger partial charge in [-0.25, -0.2) is 4.98 Å². The molecule has 2 N–H and O–H groups in total. The molecule has 0 bridgehead atoms. The topological polar surface area (TPSA) is 56.0 Å². The predicted octanol–water partition coefficient (Wildman–Crippen LogP) is 3.86. The molecular weight excluding hydrogens is 292 g/mol. The Morgan fingerprint density at radius 2 is 1.77 bits per heavy atom. The maximum atomic E-state index is 12.1. The van der Waals surface area contributed by atoms with Gasteiger partial charge in [0.2, 0.25) is 5.91 Å². The lowest BCUT2D eigenvalue weighted by molar-refractivity contribution is 0.100. The number of rotatable bonds is 4. The molecule has 0 radical (unpaired) electrons. The highest BCUT2D eigenvalue weighted by Crippen LogP contribution is 2.32. The van der Waals surface area contributed by atoms with Crippen LogP contribution in [0.3, 0.4) is 0 Å². The number of primary amides is 1. The van der Waals surface area contributed by atoms with E-state index in [4.69, 9.17) is 10.7 Å². The Labute approximate surface area is 133 Å². The van der Waals surface area contributed by atoms with Crippen LogP contribution in [0.25, 0.3) is 22.2 Å². The average Bonchev–Trinajstić information content (AvgIpc) is 2.55. The van der Waals surface area contributed by atoms with E-state index in [-0.39, 0.29) is 0 Å². The van der Waals surface area contributed by atoms with Crippen LogP contribution in [0.15, 0.2) is 54.6 Å². The number of amides is 1. The van der Waals surface area contributed by atoms with E-state index in [1.54, 1.807) is 11.8 Å². The van der Waals surface area contributed by atoms with Gasteiger partial charge in [-0.05, 0) is 12.3 Å². The number of nitrogens with zero attached hydrogens (tertiary/aromatic N) is 1. The van der Waals surface area contributed by atoms with E-state index in [1.165, 1.54) is 0 Å². The summed E-state index contributed by atoms with van der Waals surface area (Å²) >= 11 is 1.66. The van der Waals surface area contributed by atoms with Crippen LogP contribution in [-0.4, -0.2) is 17.1 Å². The molecule has 1 heterocycles. The van der Waals surface area contributed by atoms with Gasteiger partial charge in [0.25, 0.3) is 0 Å². The largest absolute Gasteiger partial charge is 0.366 e. The molecule has 0 saturated carbocycles. The summed E-state index contributed by atoms with van der Waals surface area (Å²) in [6, 6.07) is 17.6. The lowest BCUT2D eigenvalue weighted by Gasteiger charge is -2.15. The number of carbonyl (C=O) groups is 1. The third-order valence-corrected chi connectivity index (χ3v) is 4.15. The van der Waals surface area contributed by atoms with Gasteiger partial charge in [-0.1, -0.05) is 48.5 Å². The van der Waals surface area contributed by atoms with Gasteiger partial charge in [0, 0.05) is 22.3 Å². The summed E-state index contributed by atoms with van der Waals surface area (Å²) in [6.45, 7) is 0. The number of pyridine rings is 1. The van der Waals surface area contributed by atoms with E-state index in [0.717, 1.165) is 27.7 Å². The van der Waals surface area contributed by atoms with Crippen molar-refractivity contribution in [2.24, 2.45) is 5.73 Å². The van der Waals surface area contributed by atoms with E-state index in [2.05, 4.69) is 0 Å². The van der Waals surface area contributed by atoms with Crippen molar-refractivity contribution in [1.29, 1.82) is 0 Å². The summed E-state index contributed by atoms with van der Waals surface area (Å²) in [5, 5.41) is 0.818. The first-order valence-corrected chi connectivity index (χ1v) is 8.37. The van der Waals surface area contributed by atoms with Crippen molar-refractivity contribution < 1.29 is 4.79 Å². The quantitative estimate of drug-likeness (QED) is 0.796. The van der Waals surface area contributed by atoms with E-state index in [0.29, 0.717) is 11.3 Å². The first kappa shape index (κ1) is 14.6. The molecule has 110 valence electrons. The molecule has 0 saturated heterocycles. The lowest BCUT2D eigenvalue weighted by atomic mass is 9.97. The maximum Gasteiger partial charge on any atom is 0.249 e. The molecule has 1 aromatic heterocycles. The van der Waals surface area contributed by atoms with Crippen molar-refractivity contribution in [2.75, 3.05) is 6.26 Å². The van der Waals surface area contributed by atoms with Crippen molar-refractivity contribution >= 4 is 28.6 Å². The van der Waals surface area contributed by atoms with Gasteiger partial charge < -0.3 is 5.73 Å². The Morgan fingerprint density at radius 1 is 1.09 bits per heavy atom. The maximum absolute atomic E-state index is 12.1.